The van der Waals surface area contributed by atoms with Crippen LogP contribution in [0.25, 0.3) is 0 Å². The first-order chi connectivity index (χ1) is 9.14. The lowest BCUT2D eigenvalue weighted by atomic mass is 9.71. The molecule has 19 heavy (non-hydrogen) atoms. The summed E-state index contributed by atoms with van der Waals surface area (Å²) in [4.78, 5) is 26.8. The summed E-state index contributed by atoms with van der Waals surface area (Å²) in [6.07, 6.45) is 5.21. The number of nitrogens with zero attached hydrogens (tertiary/aromatic N) is 1. The van der Waals surface area contributed by atoms with Gasteiger partial charge in [-0.15, -0.1) is 0 Å². The normalized spacial score (nSPS) is 39.2. The van der Waals surface area contributed by atoms with Crippen molar-refractivity contribution in [2.24, 2.45) is 23.2 Å². The molecule has 0 spiro atoms. The molecular formula is C16H15NO2. The zero-order valence-electron chi connectivity index (χ0n) is 10.7. The Hall–Kier alpha value is -1.90. The fourth-order valence-electron chi connectivity index (χ4n) is 4.13. The number of carbonyl (C=O) groups is 2. The van der Waals surface area contributed by atoms with Crippen LogP contribution in [0, 0.1) is 23.2 Å². The lowest BCUT2D eigenvalue weighted by Gasteiger charge is -2.28. The molecule has 1 aromatic carbocycles. The number of benzene rings is 1. The van der Waals surface area contributed by atoms with E-state index in [2.05, 4.69) is 12.2 Å². The van der Waals surface area contributed by atoms with Gasteiger partial charge in [0, 0.05) is 0 Å². The first-order valence-electron chi connectivity index (χ1n) is 6.76. The lowest BCUT2D eigenvalue weighted by Crippen LogP contribution is -2.37. The molecule has 1 heterocycles. The topological polar surface area (TPSA) is 37.4 Å². The first kappa shape index (κ1) is 11.0. The highest BCUT2D eigenvalue weighted by molar-refractivity contribution is 6.24. The van der Waals surface area contributed by atoms with Gasteiger partial charge in [-0.2, -0.15) is 0 Å². The average Bonchev–Trinajstić information content (AvgIpc) is 3.04. The number of fused-ring (bicyclic) bond motifs is 5. The molecule has 4 atom stereocenters. The van der Waals surface area contributed by atoms with Gasteiger partial charge in [0.05, 0.1) is 17.0 Å². The van der Waals surface area contributed by atoms with Crippen LogP contribution in [-0.4, -0.2) is 11.8 Å². The number of hydrogen-bond donors (Lipinski definition) is 0. The smallest absolute Gasteiger partial charge is 0.241 e. The monoisotopic (exact) mass is 253 g/mol. The summed E-state index contributed by atoms with van der Waals surface area (Å²) < 4.78 is 0. The molecule has 1 aromatic rings. The fraction of sp³-hybridized carbons (Fsp3) is 0.375. The Balaban J connectivity index is 1.83. The Morgan fingerprint density at radius 1 is 1.16 bits per heavy atom. The predicted octanol–water partition coefficient (Wildman–Crippen LogP) is 2.39. The number of hydrogen-bond acceptors (Lipinski definition) is 2. The summed E-state index contributed by atoms with van der Waals surface area (Å²) in [7, 11) is 0. The van der Waals surface area contributed by atoms with Crippen LogP contribution >= 0.6 is 0 Å². The maximum Gasteiger partial charge on any atom is 0.241 e. The Kier molecular flexibility index (Phi) is 1.93. The highest BCUT2D eigenvalue weighted by atomic mass is 16.2. The number of carbonyl (C=O) groups excluding carboxylic acids is 2. The van der Waals surface area contributed by atoms with Crippen LogP contribution in [0.5, 0.6) is 0 Å². The minimum Gasteiger partial charge on any atom is -0.274 e. The van der Waals surface area contributed by atoms with Gasteiger partial charge in [0.1, 0.15) is 0 Å². The van der Waals surface area contributed by atoms with Gasteiger partial charge >= 0.3 is 0 Å². The Labute approximate surface area is 111 Å². The molecule has 0 aromatic heterocycles. The summed E-state index contributed by atoms with van der Waals surface area (Å²) in [5.74, 6) is 0.282. The van der Waals surface area contributed by atoms with E-state index in [1.54, 1.807) is 0 Å². The van der Waals surface area contributed by atoms with Crippen LogP contribution in [0.2, 0.25) is 0 Å². The summed E-state index contributed by atoms with van der Waals surface area (Å²) in [6, 6.07) is 9.27. The van der Waals surface area contributed by atoms with Gasteiger partial charge in [-0.25, -0.2) is 4.90 Å². The van der Waals surface area contributed by atoms with Crippen LogP contribution in [0.3, 0.4) is 0 Å². The van der Waals surface area contributed by atoms with Crippen molar-refractivity contribution in [3.05, 3.63) is 42.5 Å². The first-order valence-corrected chi connectivity index (χ1v) is 6.76. The van der Waals surface area contributed by atoms with Gasteiger partial charge < -0.3 is 0 Å². The van der Waals surface area contributed by atoms with Crippen LogP contribution in [0.1, 0.15) is 13.3 Å². The van der Waals surface area contributed by atoms with E-state index in [-0.39, 0.29) is 29.6 Å². The zero-order chi connectivity index (χ0) is 13.2. The molecule has 1 saturated heterocycles. The number of anilines is 1. The minimum absolute atomic E-state index is 0.0180. The Morgan fingerprint density at radius 3 is 2.58 bits per heavy atom. The van der Waals surface area contributed by atoms with Crippen LogP contribution in [0.4, 0.5) is 5.69 Å². The molecule has 0 unspecified atom stereocenters. The van der Waals surface area contributed by atoms with E-state index < -0.39 is 5.41 Å². The van der Waals surface area contributed by atoms with Crippen molar-refractivity contribution < 1.29 is 9.59 Å². The number of allylic oxidation sites excluding steroid dienone is 2. The summed E-state index contributed by atoms with van der Waals surface area (Å²) >= 11 is 0. The number of para-hydroxylation sites is 1. The third-order valence-corrected chi connectivity index (χ3v) is 5.13. The van der Waals surface area contributed by atoms with Gasteiger partial charge in [0.2, 0.25) is 11.8 Å². The van der Waals surface area contributed by atoms with Gasteiger partial charge in [-0.3, -0.25) is 9.59 Å². The molecule has 3 aliphatic rings. The zero-order valence-corrected chi connectivity index (χ0v) is 10.7. The van der Waals surface area contributed by atoms with E-state index >= 15 is 0 Å². The summed E-state index contributed by atoms with van der Waals surface area (Å²) in [5.41, 5.74) is 0.180. The molecule has 2 bridgehead atoms. The number of imide groups is 1. The molecule has 4 rings (SSSR count). The van der Waals surface area contributed by atoms with Crippen molar-refractivity contribution in [3.63, 3.8) is 0 Å². The number of rotatable bonds is 1. The van der Waals surface area contributed by atoms with Crippen molar-refractivity contribution in [1.29, 1.82) is 0 Å². The Morgan fingerprint density at radius 2 is 1.89 bits per heavy atom. The van der Waals surface area contributed by atoms with E-state index in [1.165, 1.54) is 4.90 Å². The summed E-state index contributed by atoms with van der Waals surface area (Å²) in [5, 5.41) is 0. The van der Waals surface area contributed by atoms with Crippen molar-refractivity contribution in [2.75, 3.05) is 4.90 Å². The number of amides is 2. The van der Waals surface area contributed by atoms with Crippen molar-refractivity contribution in [3.8, 4) is 0 Å². The molecule has 0 radical (unpaired) electrons. The van der Waals surface area contributed by atoms with E-state index in [0.29, 0.717) is 5.69 Å². The fourth-order valence-corrected chi connectivity index (χ4v) is 4.13. The predicted molar refractivity (Wildman–Crippen MR) is 71.3 cm³/mol. The van der Waals surface area contributed by atoms with Gasteiger partial charge in [0.15, 0.2) is 0 Å². The van der Waals surface area contributed by atoms with Crippen molar-refractivity contribution >= 4 is 17.5 Å². The minimum atomic E-state index is -0.521. The molecule has 1 saturated carbocycles. The molecule has 2 fully saturated rings. The SMILES string of the molecule is C[C@]12C(=O)N(c3ccccc3)C(=O)[C@H]1[C@H]1C=C[C@@H]2C1. The molecule has 96 valence electrons. The Bertz CT molecular complexity index is 606. The maximum atomic E-state index is 12.8. The lowest BCUT2D eigenvalue weighted by molar-refractivity contribution is -0.127. The third-order valence-electron chi connectivity index (χ3n) is 5.13. The highest BCUT2D eigenvalue weighted by Gasteiger charge is 2.67. The van der Waals surface area contributed by atoms with E-state index in [9.17, 15) is 9.59 Å². The highest BCUT2D eigenvalue weighted by Crippen LogP contribution is 2.60. The second-order valence-electron chi connectivity index (χ2n) is 5.97. The second-order valence-corrected chi connectivity index (χ2v) is 5.97. The molecule has 1 aliphatic heterocycles. The maximum absolute atomic E-state index is 12.8. The molecule has 3 heteroatoms. The molecule has 3 nitrogen and oxygen atoms in total. The summed E-state index contributed by atoms with van der Waals surface area (Å²) in [6.45, 7) is 1.97. The van der Waals surface area contributed by atoms with Crippen LogP contribution < -0.4 is 4.90 Å². The van der Waals surface area contributed by atoms with E-state index in [4.69, 9.17) is 0 Å². The average molecular weight is 253 g/mol. The van der Waals surface area contributed by atoms with Crippen LogP contribution in [-0.2, 0) is 9.59 Å². The van der Waals surface area contributed by atoms with E-state index in [0.717, 1.165) is 6.42 Å². The third kappa shape index (κ3) is 1.14. The quantitative estimate of drug-likeness (QED) is 0.569. The molecule has 2 amide bonds. The van der Waals surface area contributed by atoms with Gasteiger partial charge in [0.25, 0.3) is 0 Å². The standard InChI is InChI=1S/C16H15NO2/c1-16-11-8-7-10(9-11)13(16)14(18)17(15(16)19)12-5-3-2-4-6-12/h2-8,10-11,13H,9H2,1H3/t10-,11+,13+,16+/m0/s1. The molecule has 2 aliphatic carbocycles. The van der Waals surface area contributed by atoms with Crippen molar-refractivity contribution in [2.45, 2.75) is 13.3 Å². The molecule has 0 N–H and O–H groups in total. The van der Waals surface area contributed by atoms with Crippen molar-refractivity contribution in [1.82, 2.24) is 0 Å². The largest absolute Gasteiger partial charge is 0.274 e. The van der Waals surface area contributed by atoms with Gasteiger partial charge in [-0.1, -0.05) is 30.4 Å². The molecular weight excluding hydrogens is 238 g/mol. The second kappa shape index (κ2) is 3.35. The van der Waals surface area contributed by atoms with E-state index in [1.807, 2.05) is 37.3 Å². The van der Waals surface area contributed by atoms with Gasteiger partial charge in [-0.05, 0) is 37.3 Å². The van der Waals surface area contributed by atoms with Crippen LogP contribution in [0.15, 0.2) is 42.5 Å².